The van der Waals surface area contributed by atoms with Crippen molar-refractivity contribution in [1.29, 1.82) is 10.5 Å². The van der Waals surface area contributed by atoms with Gasteiger partial charge in [-0.05, 0) is 48.7 Å². The number of hydrogen-bond acceptors (Lipinski definition) is 7. The normalized spacial score (nSPS) is 19.9. The maximum absolute atomic E-state index is 14.6. The molecular weight excluding hydrogens is 594 g/mol. The highest BCUT2D eigenvalue weighted by Crippen LogP contribution is 2.45. The summed E-state index contributed by atoms with van der Waals surface area (Å²) in [6.07, 6.45) is -2.77. The molecule has 1 saturated carbocycles. The smallest absolute Gasteiger partial charge is 0.319 e. The van der Waals surface area contributed by atoms with Crippen LogP contribution in [0.15, 0.2) is 66.9 Å². The number of Topliss-reactive ketones (excluding diaryl/α,β-unsaturated/α-hetero) is 1. The fourth-order valence-electron chi connectivity index (χ4n) is 5.64. The van der Waals surface area contributed by atoms with Gasteiger partial charge in [0.05, 0.1) is 34.6 Å². The molecule has 10 nitrogen and oxygen atoms in total. The second kappa shape index (κ2) is 12.4. The zero-order valence-electron chi connectivity index (χ0n) is 23.2. The first-order chi connectivity index (χ1) is 21.0. The Morgan fingerprint density at radius 2 is 1.84 bits per heavy atom. The summed E-state index contributed by atoms with van der Waals surface area (Å²) in [4.78, 5) is 47.2. The molecule has 2 fully saturated rings. The molecule has 2 heterocycles. The number of aliphatic hydroxyl groups is 1. The molecule has 0 spiro atoms. The molecular formula is C31H26ClF2N6O4+. The SMILES string of the molecule is N#Cc1cccc(N(C(C(=O)CCC2CC(F)(F)C2)c2ccccc2Cl)[N+](=O)[C@@H]2C[C@@H](O)C(=O)N2c2cc(C#N)ccn2)c1. The van der Waals surface area contributed by atoms with Crippen molar-refractivity contribution in [1.82, 2.24) is 4.98 Å². The molecule has 1 aromatic heterocycles. The topological polar surface area (TPSA) is 141 Å². The van der Waals surface area contributed by atoms with Crippen LogP contribution in [0.5, 0.6) is 0 Å². The zero-order chi connectivity index (χ0) is 31.6. The van der Waals surface area contributed by atoms with Crippen molar-refractivity contribution >= 4 is 34.8 Å². The van der Waals surface area contributed by atoms with Gasteiger partial charge < -0.3 is 5.11 Å². The molecule has 1 N–H and O–H groups in total. The van der Waals surface area contributed by atoms with Crippen LogP contribution in [0.2, 0.25) is 5.02 Å². The Bertz CT molecular complexity index is 1700. The van der Waals surface area contributed by atoms with E-state index in [-0.39, 0.29) is 71.2 Å². The molecule has 0 bridgehead atoms. The van der Waals surface area contributed by atoms with Gasteiger partial charge in [-0.3, -0.25) is 9.59 Å². The van der Waals surface area contributed by atoms with Crippen molar-refractivity contribution in [3.63, 3.8) is 0 Å². The van der Waals surface area contributed by atoms with Gasteiger partial charge in [-0.1, -0.05) is 40.9 Å². The molecule has 44 heavy (non-hydrogen) atoms. The van der Waals surface area contributed by atoms with Crippen molar-refractivity contribution in [2.45, 2.75) is 56.3 Å². The van der Waals surface area contributed by atoms with E-state index in [0.717, 1.165) is 9.91 Å². The number of aliphatic hydroxyl groups excluding tert-OH is 1. The summed E-state index contributed by atoms with van der Waals surface area (Å²) in [5, 5.41) is 30.8. The van der Waals surface area contributed by atoms with E-state index >= 15 is 0 Å². The van der Waals surface area contributed by atoms with Gasteiger partial charge in [0.25, 0.3) is 5.91 Å². The number of nitroso groups, excluding NO2 is 1. The Hall–Kier alpha value is -4.78. The molecule has 3 aromatic rings. The lowest BCUT2D eigenvalue weighted by atomic mass is 9.77. The van der Waals surface area contributed by atoms with Gasteiger partial charge >= 0.3 is 6.17 Å². The average molecular weight is 620 g/mol. The number of carbonyl (C=O) groups is 2. The molecule has 1 amide bonds. The van der Waals surface area contributed by atoms with E-state index in [0.29, 0.717) is 4.87 Å². The highest BCUT2D eigenvalue weighted by Gasteiger charge is 2.54. The minimum Gasteiger partial charge on any atom is -0.383 e. The van der Waals surface area contributed by atoms with Gasteiger partial charge in [0.15, 0.2) is 11.8 Å². The van der Waals surface area contributed by atoms with Crippen LogP contribution >= 0.6 is 11.6 Å². The van der Waals surface area contributed by atoms with E-state index in [9.17, 15) is 38.9 Å². The number of hydrazine groups is 1. The number of rotatable bonds is 10. The highest BCUT2D eigenvalue weighted by molar-refractivity contribution is 6.31. The van der Waals surface area contributed by atoms with E-state index in [4.69, 9.17) is 11.6 Å². The summed E-state index contributed by atoms with van der Waals surface area (Å²) in [6.45, 7) is 0. The molecule has 1 aliphatic heterocycles. The third-order valence-electron chi connectivity index (χ3n) is 7.81. The zero-order valence-corrected chi connectivity index (χ0v) is 23.9. The van der Waals surface area contributed by atoms with Crippen LogP contribution < -0.4 is 9.91 Å². The van der Waals surface area contributed by atoms with Crippen LogP contribution in [0, 0.1) is 33.5 Å². The second-order valence-corrected chi connectivity index (χ2v) is 11.2. The fraction of sp³-hybridized carbons (Fsp3) is 0.323. The number of halogens is 3. The standard InChI is InChI=1S/C31H26ClF2N6O4/c32-24-7-2-1-6-23(24)29(25(41)9-8-21-15-31(33,34)16-21)39(22-5-3-4-19(12-22)17-35)40(44)28-14-26(42)30(43)38(28)27-13-20(18-36)10-11-37-27/h1-7,10-13,21,26,28-29,42H,8-9,14-16H2/q+1/t26-,28-,29?/m1/s1. The van der Waals surface area contributed by atoms with Crippen LogP contribution in [-0.2, 0) is 9.59 Å². The highest BCUT2D eigenvalue weighted by atomic mass is 35.5. The third-order valence-corrected chi connectivity index (χ3v) is 8.15. The fourth-order valence-corrected chi connectivity index (χ4v) is 5.88. The number of aromatic nitrogens is 1. The number of alkyl halides is 2. The predicted octanol–water partition coefficient (Wildman–Crippen LogP) is 5.24. The van der Waals surface area contributed by atoms with Crippen molar-refractivity contribution in [2.75, 3.05) is 9.91 Å². The molecule has 3 atom stereocenters. The quantitative estimate of drug-likeness (QED) is 0.240. The molecule has 1 saturated heterocycles. The number of benzene rings is 2. The maximum atomic E-state index is 14.6. The van der Waals surface area contributed by atoms with Crippen molar-refractivity contribution in [3.8, 4) is 12.1 Å². The van der Waals surface area contributed by atoms with Crippen LogP contribution in [0.4, 0.5) is 20.3 Å². The lowest BCUT2D eigenvalue weighted by Gasteiger charge is -2.35. The van der Waals surface area contributed by atoms with Crippen molar-refractivity contribution in [2.24, 2.45) is 5.92 Å². The summed E-state index contributed by atoms with van der Waals surface area (Å²) in [5.74, 6) is -4.53. The first kappa shape index (κ1) is 30.7. The first-order valence-corrected chi connectivity index (χ1v) is 14.2. The second-order valence-electron chi connectivity index (χ2n) is 10.8. The maximum Gasteiger partial charge on any atom is 0.319 e. The van der Waals surface area contributed by atoms with E-state index in [1.807, 2.05) is 12.1 Å². The Morgan fingerprint density at radius 3 is 2.52 bits per heavy atom. The number of ketones is 1. The van der Waals surface area contributed by atoms with Crippen LogP contribution in [0.3, 0.4) is 0 Å². The molecule has 2 aliphatic rings. The summed E-state index contributed by atoms with van der Waals surface area (Å²) >= 11 is 6.56. The summed E-state index contributed by atoms with van der Waals surface area (Å²) in [5.41, 5.74) is 0.678. The Balaban J connectivity index is 1.61. The summed E-state index contributed by atoms with van der Waals surface area (Å²) in [6, 6.07) is 17.5. The lowest BCUT2D eigenvalue weighted by molar-refractivity contribution is -0.599. The van der Waals surface area contributed by atoms with Crippen molar-refractivity contribution < 1.29 is 28.3 Å². The average Bonchev–Trinajstić information content (AvgIpc) is 3.31. The molecule has 13 heteroatoms. The van der Waals surface area contributed by atoms with Gasteiger partial charge in [0, 0.05) is 36.0 Å². The van der Waals surface area contributed by atoms with Gasteiger partial charge in [0.2, 0.25) is 5.92 Å². The lowest BCUT2D eigenvalue weighted by Crippen LogP contribution is -2.51. The Kier molecular flexibility index (Phi) is 8.68. The Morgan fingerprint density at radius 1 is 1.14 bits per heavy atom. The van der Waals surface area contributed by atoms with Crippen molar-refractivity contribution in [3.05, 3.63) is 93.5 Å². The molecule has 0 radical (unpaired) electrons. The largest absolute Gasteiger partial charge is 0.383 e. The first-order valence-electron chi connectivity index (χ1n) is 13.8. The van der Waals surface area contributed by atoms with Gasteiger partial charge in [-0.15, -0.1) is 0 Å². The number of carbonyl (C=O) groups excluding carboxylic acids is 2. The number of nitriles is 2. The monoisotopic (exact) mass is 619 g/mol. The molecule has 1 unspecified atom stereocenters. The minimum atomic E-state index is -2.76. The number of hydrogen-bond donors (Lipinski definition) is 1. The van der Waals surface area contributed by atoms with E-state index in [2.05, 4.69) is 4.98 Å². The van der Waals surface area contributed by atoms with Gasteiger partial charge in [-0.25, -0.2) is 18.7 Å². The van der Waals surface area contributed by atoms with E-state index in [1.54, 1.807) is 18.2 Å². The Labute approximate surface area is 256 Å². The molecule has 5 rings (SSSR count). The number of anilines is 2. The number of amides is 1. The predicted molar refractivity (Wildman–Crippen MR) is 154 cm³/mol. The number of pyridine rings is 1. The van der Waals surface area contributed by atoms with Gasteiger partial charge in [-0.2, -0.15) is 10.5 Å². The van der Waals surface area contributed by atoms with Crippen LogP contribution in [0.1, 0.15) is 54.8 Å². The molecule has 224 valence electrons. The molecule has 1 aliphatic carbocycles. The van der Waals surface area contributed by atoms with Crippen LogP contribution in [0.25, 0.3) is 0 Å². The van der Waals surface area contributed by atoms with Crippen LogP contribution in [-0.4, -0.2) is 44.8 Å². The number of nitrogens with zero attached hydrogens (tertiary/aromatic N) is 6. The van der Waals surface area contributed by atoms with E-state index in [1.165, 1.54) is 48.7 Å². The molecule has 2 aromatic carbocycles. The third kappa shape index (κ3) is 6.13. The minimum absolute atomic E-state index is 0.0614. The summed E-state index contributed by atoms with van der Waals surface area (Å²) in [7, 11) is 0. The summed E-state index contributed by atoms with van der Waals surface area (Å²) < 4.78 is 27.0. The van der Waals surface area contributed by atoms with Gasteiger partial charge in [0.1, 0.15) is 22.5 Å². The van der Waals surface area contributed by atoms with E-state index < -0.39 is 35.9 Å².